The normalized spacial score (nSPS) is 20.6. The lowest BCUT2D eigenvalue weighted by atomic mass is 9.93. The average Bonchev–Trinajstić information content (AvgIpc) is 2.89. The van der Waals surface area contributed by atoms with Gasteiger partial charge in [-0.2, -0.15) is 18.2 Å². The van der Waals surface area contributed by atoms with Crippen molar-refractivity contribution in [3.05, 3.63) is 36.3 Å². The second-order valence-electron chi connectivity index (χ2n) is 9.55. The molecule has 2 N–H and O–H groups in total. The molecule has 11 nitrogen and oxygen atoms in total. The number of anilines is 3. The van der Waals surface area contributed by atoms with Gasteiger partial charge in [-0.3, -0.25) is 9.71 Å². The summed E-state index contributed by atoms with van der Waals surface area (Å²) in [7, 11) is -3.51. The van der Waals surface area contributed by atoms with Crippen LogP contribution in [0.4, 0.5) is 30.6 Å². The van der Waals surface area contributed by atoms with Gasteiger partial charge in [0.15, 0.2) is 0 Å². The minimum absolute atomic E-state index is 0.0583. The van der Waals surface area contributed by atoms with Crippen molar-refractivity contribution in [3.63, 3.8) is 0 Å². The van der Waals surface area contributed by atoms with Crippen LogP contribution < -0.4 is 19.7 Å². The van der Waals surface area contributed by atoms with Crippen molar-refractivity contribution in [1.82, 2.24) is 19.9 Å². The molecule has 3 aromatic rings. The van der Waals surface area contributed by atoms with Crippen LogP contribution in [0.5, 0.6) is 5.88 Å². The molecule has 39 heavy (non-hydrogen) atoms. The second kappa shape index (κ2) is 11.0. The molecule has 5 rings (SSSR count). The Bertz CT molecular complexity index is 1430. The first-order valence-electron chi connectivity index (χ1n) is 12.5. The molecule has 0 aromatic carbocycles. The molecule has 1 aliphatic heterocycles. The molecule has 1 aliphatic carbocycles. The van der Waals surface area contributed by atoms with Crippen molar-refractivity contribution in [1.29, 1.82) is 0 Å². The smallest absolute Gasteiger partial charge is 0.433 e. The van der Waals surface area contributed by atoms with E-state index in [1.54, 1.807) is 6.07 Å². The number of aromatic nitrogens is 4. The van der Waals surface area contributed by atoms with Crippen molar-refractivity contribution >= 4 is 38.4 Å². The van der Waals surface area contributed by atoms with E-state index in [2.05, 4.69) is 29.9 Å². The Morgan fingerprint density at radius 3 is 2.51 bits per heavy atom. The van der Waals surface area contributed by atoms with Crippen molar-refractivity contribution in [2.24, 2.45) is 0 Å². The third-order valence-electron chi connectivity index (χ3n) is 6.50. The number of pyridine rings is 2. The fourth-order valence-corrected chi connectivity index (χ4v) is 5.19. The van der Waals surface area contributed by atoms with Crippen molar-refractivity contribution in [2.75, 3.05) is 47.5 Å². The number of rotatable bonds is 7. The highest BCUT2D eigenvalue weighted by molar-refractivity contribution is 7.92. The van der Waals surface area contributed by atoms with Gasteiger partial charge in [0.1, 0.15) is 17.6 Å². The lowest BCUT2D eigenvalue weighted by Crippen LogP contribution is -2.37. The Morgan fingerprint density at radius 2 is 1.82 bits per heavy atom. The molecule has 0 amide bonds. The number of alkyl halides is 3. The number of nitrogens with one attached hydrogen (secondary N) is 2. The maximum absolute atomic E-state index is 13.0. The first-order chi connectivity index (χ1) is 18.5. The molecule has 15 heteroatoms. The van der Waals surface area contributed by atoms with Crippen LogP contribution >= 0.6 is 0 Å². The Labute approximate surface area is 223 Å². The van der Waals surface area contributed by atoms with Crippen molar-refractivity contribution in [2.45, 2.75) is 44.0 Å². The van der Waals surface area contributed by atoms with Gasteiger partial charge >= 0.3 is 6.18 Å². The number of morpholine rings is 1. The molecule has 0 radical (unpaired) electrons. The predicted octanol–water partition coefficient (Wildman–Crippen LogP) is 3.45. The first-order valence-corrected chi connectivity index (χ1v) is 14.4. The van der Waals surface area contributed by atoms with Gasteiger partial charge in [-0.05, 0) is 37.8 Å². The number of nitrogens with zero attached hydrogens (tertiary/aromatic N) is 5. The summed E-state index contributed by atoms with van der Waals surface area (Å²) in [6.07, 6.45) is 1.36. The van der Waals surface area contributed by atoms with Gasteiger partial charge in [-0.15, -0.1) is 0 Å². The highest BCUT2D eigenvalue weighted by Gasteiger charge is 2.33. The Balaban J connectivity index is 1.32. The SMILES string of the molecule is CS(=O)(=O)Nc1cnc2cc(N3CCOCC3)nc(OC3CCC(Nc4nccc(C(F)(F)F)n4)CC3)c2c1. The molecule has 4 heterocycles. The summed E-state index contributed by atoms with van der Waals surface area (Å²) in [4.78, 5) is 18.8. The number of hydrogen-bond acceptors (Lipinski definition) is 10. The zero-order valence-corrected chi connectivity index (χ0v) is 21.9. The van der Waals surface area contributed by atoms with Crippen LogP contribution in [0.1, 0.15) is 31.4 Å². The average molecular weight is 568 g/mol. The van der Waals surface area contributed by atoms with Gasteiger partial charge in [-0.25, -0.2) is 18.4 Å². The largest absolute Gasteiger partial charge is 0.474 e. The molecule has 0 atom stereocenters. The van der Waals surface area contributed by atoms with E-state index in [1.807, 2.05) is 6.07 Å². The van der Waals surface area contributed by atoms with Crippen LogP contribution in [0.15, 0.2) is 30.6 Å². The van der Waals surface area contributed by atoms with E-state index in [-0.39, 0.29) is 18.1 Å². The second-order valence-corrected chi connectivity index (χ2v) is 11.3. The lowest BCUT2D eigenvalue weighted by molar-refractivity contribution is -0.141. The zero-order chi connectivity index (χ0) is 27.6. The molecule has 3 aromatic heterocycles. The molecule has 1 saturated heterocycles. The van der Waals surface area contributed by atoms with Crippen molar-refractivity contribution < 1.29 is 31.1 Å². The molecule has 1 saturated carbocycles. The third-order valence-corrected chi connectivity index (χ3v) is 7.11. The summed E-state index contributed by atoms with van der Waals surface area (Å²) in [5.74, 6) is 0.975. The molecular formula is C24H28F3N7O4S. The number of halogens is 3. The highest BCUT2D eigenvalue weighted by atomic mass is 32.2. The summed E-state index contributed by atoms with van der Waals surface area (Å²) in [5.41, 5.74) is -0.0872. The number of sulfonamides is 1. The van der Waals surface area contributed by atoms with Gasteiger partial charge in [0.05, 0.1) is 42.3 Å². The van der Waals surface area contributed by atoms with Crippen LogP contribution in [0.3, 0.4) is 0 Å². The molecular weight excluding hydrogens is 539 g/mol. The fourth-order valence-electron chi connectivity index (χ4n) is 4.65. The van der Waals surface area contributed by atoms with E-state index in [9.17, 15) is 21.6 Å². The van der Waals surface area contributed by atoms with E-state index < -0.39 is 21.9 Å². The van der Waals surface area contributed by atoms with Crippen molar-refractivity contribution in [3.8, 4) is 5.88 Å². The fraction of sp³-hybridized carbons (Fsp3) is 0.500. The summed E-state index contributed by atoms with van der Waals surface area (Å²) in [5, 5.41) is 3.57. The molecule has 0 spiro atoms. The van der Waals surface area contributed by atoms with Crippen LogP contribution in [-0.2, 0) is 20.9 Å². The van der Waals surface area contributed by atoms with E-state index in [0.29, 0.717) is 80.3 Å². The lowest BCUT2D eigenvalue weighted by Gasteiger charge is -2.31. The quantitative estimate of drug-likeness (QED) is 0.438. The summed E-state index contributed by atoms with van der Waals surface area (Å²) < 4.78 is 76.7. The minimum Gasteiger partial charge on any atom is -0.474 e. The maximum Gasteiger partial charge on any atom is 0.433 e. The Hall–Kier alpha value is -3.46. The Morgan fingerprint density at radius 1 is 1.08 bits per heavy atom. The van der Waals surface area contributed by atoms with Gasteiger partial charge < -0.3 is 19.7 Å². The Kier molecular flexibility index (Phi) is 7.62. The van der Waals surface area contributed by atoms with Crippen LogP contribution in [0.25, 0.3) is 10.9 Å². The summed E-state index contributed by atoms with van der Waals surface area (Å²) in [6, 6.07) is 4.22. The molecule has 0 unspecified atom stereocenters. The molecule has 2 fully saturated rings. The monoisotopic (exact) mass is 567 g/mol. The van der Waals surface area contributed by atoms with Gasteiger partial charge in [0, 0.05) is 31.4 Å². The molecule has 0 bridgehead atoms. The zero-order valence-electron chi connectivity index (χ0n) is 21.1. The standard InChI is InChI=1S/C24H28F3N7O4S/c1-39(35,36)33-16-12-18-19(29-14-16)13-21(34-8-10-37-11-9-34)32-22(18)38-17-4-2-15(3-5-17)30-23-28-7-6-20(31-23)24(25,26)27/h6-7,12-15,17,33H,2-5,8-11H2,1H3,(H,28,30,31). The van der Waals surface area contributed by atoms with Crippen LogP contribution in [0, 0.1) is 0 Å². The number of ether oxygens (including phenoxy) is 2. The van der Waals surface area contributed by atoms with Gasteiger partial charge in [0.2, 0.25) is 21.9 Å². The van der Waals surface area contributed by atoms with Gasteiger partial charge in [-0.1, -0.05) is 0 Å². The van der Waals surface area contributed by atoms with E-state index >= 15 is 0 Å². The van der Waals surface area contributed by atoms with Crippen LogP contribution in [0.2, 0.25) is 0 Å². The minimum atomic E-state index is -4.54. The topological polar surface area (TPSA) is 131 Å². The molecule has 2 aliphatic rings. The van der Waals surface area contributed by atoms with E-state index in [4.69, 9.17) is 14.5 Å². The maximum atomic E-state index is 13.0. The number of hydrogen-bond donors (Lipinski definition) is 2. The van der Waals surface area contributed by atoms with E-state index in [0.717, 1.165) is 18.5 Å². The van der Waals surface area contributed by atoms with E-state index in [1.165, 1.54) is 6.20 Å². The van der Waals surface area contributed by atoms with Gasteiger partial charge in [0.25, 0.3) is 0 Å². The first kappa shape index (κ1) is 27.1. The molecule has 210 valence electrons. The summed E-state index contributed by atoms with van der Waals surface area (Å²) >= 11 is 0. The summed E-state index contributed by atoms with van der Waals surface area (Å²) in [6.45, 7) is 2.49. The number of fused-ring (bicyclic) bond motifs is 1. The van der Waals surface area contributed by atoms with Crippen LogP contribution in [-0.4, -0.2) is 73.1 Å². The predicted molar refractivity (Wildman–Crippen MR) is 138 cm³/mol. The third kappa shape index (κ3) is 6.95. The highest BCUT2D eigenvalue weighted by Crippen LogP contribution is 2.33.